The van der Waals surface area contributed by atoms with Crippen LogP contribution in [0.5, 0.6) is 17.2 Å². The molecule has 0 N–H and O–H groups in total. The molecule has 3 aromatic rings. The first kappa shape index (κ1) is 26.2. The fourth-order valence-corrected chi connectivity index (χ4v) is 5.21. The van der Waals surface area contributed by atoms with Crippen molar-refractivity contribution < 1.29 is 23.7 Å². The molecule has 0 fully saturated rings. The second kappa shape index (κ2) is 11.0. The van der Waals surface area contributed by atoms with Crippen molar-refractivity contribution in [2.24, 2.45) is 4.99 Å². The molecule has 2 aromatic carbocycles. The van der Waals surface area contributed by atoms with E-state index < -0.39 is 12.0 Å². The minimum Gasteiger partial charge on any atom is -0.497 e. The van der Waals surface area contributed by atoms with Gasteiger partial charge in [0.2, 0.25) is 0 Å². The molecular weight excluding hydrogens is 492 g/mol. The quantitative estimate of drug-likeness (QED) is 0.420. The predicted molar refractivity (Wildman–Crippen MR) is 142 cm³/mol. The van der Waals surface area contributed by atoms with E-state index in [2.05, 4.69) is 4.99 Å². The second-order valence-corrected chi connectivity index (χ2v) is 9.66. The number of allylic oxidation sites excluding steroid dienone is 1. The Morgan fingerprint density at radius 1 is 1.11 bits per heavy atom. The molecule has 0 saturated heterocycles. The Morgan fingerprint density at radius 3 is 2.46 bits per heavy atom. The summed E-state index contributed by atoms with van der Waals surface area (Å²) in [5.41, 5.74) is 2.09. The summed E-state index contributed by atoms with van der Waals surface area (Å²) in [6.45, 7) is 7.56. The highest BCUT2D eigenvalue weighted by atomic mass is 32.1. The molecule has 1 aromatic heterocycles. The van der Waals surface area contributed by atoms with Crippen LogP contribution in [-0.2, 0) is 9.53 Å². The Bertz CT molecular complexity index is 1520. The first-order chi connectivity index (χ1) is 17.8. The highest BCUT2D eigenvalue weighted by Gasteiger charge is 2.34. The van der Waals surface area contributed by atoms with Gasteiger partial charge in [0.15, 0.2) is 16.3 Å². The molecule has 0 spiro atoms. The van der Waals surface area contributed by atoms with E-state index in [1.165, 1.54) is 11.3 Å². The molecule has 9 heteroatoms. The van der Waals surface area contributed by atoms with Crippen LogP contribution in [0.1, 0.15) is 44.9 Å². The van der Waals surface area contributed by atoms with Gasteiger partial charge in [-0.2, -0.15) is 0 Å². The van der Waals surface area contributed by atoms with Crippen molar-refractivity contribution >= 4 is 23.4 Å². The number of esters is 1. The van der Waals surface area contributed by atoms with Gasteiger partial charge in [-0.05, 0) is 69.2 Å². The highest BCUT2D eigenvalue weighted by molar-refractivity contribution is 7.07. The third kappa shape index (κ3) is 5.32. The van der Waals surface area contributed by atoms with Gasteiger partial charge in [-0.25, -0.2) is 9.79 Å². The van der Waals surface area contributed by atoms with Crippen molar-refractivity contribution in [3.8, 4) is 17.2 Å². The van der Waals surface area contributed by atoms with Gasteiger partial charge in [0.1, 0.15) is 5.75 Å². The number of ether oxygens (including phenoxy) is 4. The number of rotatable bonds is 8. The van der Waals surface area contributed by atoms with E-state index in [9.17, 15) is 9.59 Å². The maximum absolute atomic E-state index is 13.8. The van der Waals surface area contributed by atoms with Gasteiger partial charge in [-0.3, -0.25) is 9.36 Å². The molecule has 194 valence electrons. The number of aromatic nitrogens is 1. The van der Waals surface area contributed by atoms with Crippen LogP contribution < -0.4 is 29.1 Å². The zero-order chi connectivity index (χ0) is 26.7. The molecule has 0 bridgehead atoms. The third-order valence-corrected chi connectivity index (χ3v) is 6.78. The van der Waals surface area contributed by atoms with Gasteiger partial charge >= 0.3 is 5.97 Å². The van der Waals surface area contributed by atoms with Gasteiger partial charge in [0.05, 0.1) is 48.8 Å². The summed E-state index contributed by atoms with van der Waals surface area (Å²) < 4.78 is 24.1. The molecule has 0 amide bonds. The Labute approximate surface area is 219 Å². The van der Waals surface area contributed by atoms with Crippen LogP contribution in [0.2, 0.25) is 0 Å². The zero-order valence-electron chi connectivity index (χ0n) is 21.7. The SMILES string of the molecule is CCOC(=O)C1=C(C)N=c2s/c(=C\c3ccc(OC)cc3)c(=O)n2[C@H]1c1ccc(OC(C)C)c(OC)c1. The van der Waals surface area contributed by atoms with Crippen molar-refractivity contribution in [3.05, 3.63) is 84.5 Å². The number of thiazole rings is 1. The monoisotopic (exact) mass is 522 g/mol. The lowest BCUT2D eigenvalue weighted by atomic mass is 9.95. The van der Waals surface area contributed by atoms with Crippen LogP contribution in [0.3, 0.4) is 0 Å². The zero-order valence-corrected chi connectivity index (χ0v) is 22.5. The average molecular weight is 523 g/mol. The maximum atomic E-state index is 13.8. The Kier molecular flexibility index (Phi) is 7.83. The molecule has 0 saturated carbocycles. The van der Waals surface area contributed by atoms with Crippen LogP contribution in [0.4, 0.5) is 0 Å². The number of carbonyl (C=O) groups is 1. The van der Waals surface area contributed by atoms with E-state index in [0.29, 0.717) is 37.7 Å². The molecule has 2 heterocycles. The number of hydrogen-bond donors (Lipinski definition) is 0. The minimum atomic E-state index is -0.740. The van der Waals surface area contributed by atoms with Crippen molar-refractivity contribution in [3.63, 3.8) is 0 Å². The molecule has 1 aliphatic rings. The first-order valence-corrected chi connectivity index (χ1v) is 12.8. The van der Waals surface area contributed by atoms with Crippen molar-refractivity contribution in [1.82, 2.24) is 4.57 Å². The number of fused-ring (bicyclic) bond motifs is 1. The molecular formula is C28H30N2O6S. The van der Waals surface area contributed by atoms with Crippen molar-refractivity contribution in [2.75, 3.05) is 20.8 Å². The number of hydrogen-bond acceptors (Lipinski definition) is 8. The van der Waals surface area contributed by atoms with Crippen LogP contribution in [-0.4, -0.2) is 37.5 Å². The lowest BCUT2D eigenvalue weighted by molar-refractivity contribution is -0.139. The second-order valence-electron chi connectivity index (χ2n) is 8.65. The molecule has 4 rings (SSSR count). The average Bonchev–Trinajstić information content (AvgIpc) is 3.17. The number of benzene rings is 2. The van der Waals surface area contributed by atoms with Crippen molar-refractivity contribution in [2.45, 2.75) is 39.8 Å². The molecule has 1 atom stereocenters. The van der Waals surface area contributed by atoms with E-state index >= 15 is 0 Å². The minimum absolute atomic E-state index is 0.0485. The fourth-order valence-electron chi connectivity index (χ4n) is 4.16. The Morgan fingerprint density at radius 2 is 1.84 bits per heavy atom. The summed E-state index contributed by atoms with van der Waals surface area (Å²) in [5.74, 6) is 1.29. The summed E-state index contributed by atoms with van der Waals surface area (Å²) in [6, 6.07) is 12.1. The highest BCUT2D eigenvalue weighted by Crippen LogP contribution is 2.36. The summed E-state index contributed by atoms with van der Waals surface area (Å²) in [4.78, 5) is 32.0. The fraction of sp³-hybridized carbons (Fsp3) is 0.321. The Hall–Kier alpha value is -3.85. The van der Waals surface area contributed by atoms with Gasteiger partial charge in [-0.1, -0.05) is 29.5 Å². The smallest absolute Gasteiger partial charge is 0.338 e. The molecule has 37 heavy (non-hydrogen) atoms. The van der Waals surface area contributed by atoms with Gasteiger partial charge in [0, 0.05) is 0 Å². The molecule has 0 unspecified atom stereocenters. The molecule has 0 radical (unpaired) electrons. The summed E-state index contributed by atoms with van der Waals surface area (Å²) in [6.07, 6.45) is 1.76. The molecule has 1 aliphatic heterocycles. The lowest BCUT2D eigenvalue weighted by Gasteiger charge is -2.25. The van der Waals surface area contributed by atoms with Crippen LogP contribution in [0.25, 0.3) is 6.08 Å². The van der Waals surface area contributed by atoms with E-state index in [-0.39, 0.29) is 18.3 Å². The number of methoxy groups -OCH3 is 2. The Balaban J connectivity index is 1.92. The van der Waals surface area contributed by atoms with E-state index in [0.717, 1.165) is 11.3 Å². The summed E-state index contributed by atoms with van der Waals surface area (Å²) in [5, 5.41) is 0. The first-order valence-electron chi connectivity index (χ1n) is 12.0. The number of carbonyl (C=O) groups excluding carboxylic acids is 1. The van der Waals surface area contributed by atoms with Gasteiger partial charge in [0.25, 0.3) is 5.56 Å². The summed E-state index contributed by atoms with van der Waals surface area (Å²) >= 11 is 1.27. The molecule has 8 nitrogen and oxygen atoms in total. The normalized spacial score (nSPS) is 15.3. The largest absolute Gasteiger partial charge is 0.497 e. The lowest BCUT2D eigenvalue weighted by Crippen LogP contribution is -2.40. The standard InChI is InChI=1S/C28H30N2O6S/c1-7-35-27(32)24-17(4)29-28-30(25(24)19-10-13-21(36-16(2)3)22(15-19)34-6)26(31)23(37-28)14-18-8-11-20(33-5)12-9-18/h8-16,25H,7H2,1-6H3/b23-14-/t25-/m0/s1. The molecule has 0 aliphatic carbocycles. The van der Waals surface area contributed by atoms with Crippen molar-refractivity contribution in [1.29, 1.82) is 0 Å². The van der Waals surface area contributed by atoms with Gasteiger partial charge in [-0.15, -0.1) is 0 Å². The van der Waals surface area contributed by atoms with E-state index in [1.807, 2.05) is 50.3 Å². The van der Waals surface area contributed by atoms with E-state index in [1.54, 1.807) is 44.8 Å². The topological polar surface area (TPSA) is 88.4 Å². The maximum Gasteiger partial charge on any atom is 0.338 e. The van der Waals surface area contributed by atoms with Crippen LogP contribution in [0, 0.1) is 0 Å². The number of nitrogens with zero attached hydrogens (tertiary/aromatic N) is 2. The van der Waals surface area contributed by atoms with Crippen LogP contribution >= 0.6 is 11.3 Å². The third-order valence-electron chi connectivity index (χ3n) is 5.80. The van der Waals surface area contributed by atoms with Crippen LogP contribution in [0.15, 0.2) is 63.5 Å². The summed E-state index contributed by atoms with van der Waals surface area (Å²) in [7, 11) is 3.16. The predicted octanol–water partition coefficient (Wildman–Crippen LogP) is 3.60. The van der Waals surface area contributed by atoms with E-state index in [4.69, 9.17) is 18.9 Å². The van der Waals surface area contributed by atoms with Gasteiger partial charge < -0.3 is 18.9 Å².